The second-order valence-corrected chi connectivity index (χ2v) is 5.35. The van der Waals surface area contributed by atoms with Crippen molar-refractivity contribution in [3.05, 3.63) is 35.4 Å². The molecule has 0 atom stereocenters. The van der Waals surface area contributed by atoms with Gasteiger partial charge >= 0.3 is 5.97 Å². The maximum absolute atomic E-state index is 11.5. The first kappa shape index (κ1) is 15.2. The average molecular weight is 284 g/mol. The lowest BCUT2D eigenvalue weighted by Gasteiger charge is -2.10. The predicted octanol–water partition coefficient (Wildman–Crippen LogP) is 1.36. The number of benzene rings is 1. The van der Waals surface area contributed by atoms with Gasteiger partial charge in [-0.05, 0) is 36.3 Å². The van der Waals surface area contributed by atoms with Crippen LogP contribution in [0.4, 0.5) is 5.69 Å². The molecule has 0 fully saturated rings. The highest BCUT2D eigenvalue weighted by Gasteiger charge is 2.09. The molecule has 3 N–H and O–H groups in total. The normalized spacial score (nSPS) is 11.7. The van der Waals surface area contributed by atoms with Crippen LogP contribution in [0.1, 0.15) is 18.1 Å². The summed E-state index contributed by atoms with van der Waals surface area (Å²) < 4.78 is 27.8. The van der Waals surface area contributed by atoms with E-state index >= 15 is 0 Å². The topological polar surface area (TPSA) is 95.5 Å². The highest BCUT2D eigenvalue weighted by molar-refractivity contribution is 7.90. The van der Waals surface area contributed by atoms with Crippen LogP contribution in [0, 0.1) is 6.92 Å². The van der Waals surface area contributed by atoms with Crippen molar-refractivity contribution in [3.63, 3.8) is 0 Å². The van der Waals surface area contributed by atoms with Crippen molar-refractivity contribution >= 4 is 27.9 Å². The van der Waals surface area contributed by atoms with Crippen molar-refractivity contribution in [2.24, 2.45) is 0 Å². The summed E-state index contributed by atoms with van der Waals surface area (Å²) in [5, 5.41) is 8.52. The Labute approximate surface area is 112 Å². The van der Waals surface area contributed by atoms with Crippen molar-refractivity contribution in [3.8, 4) is 0 Å². The number of carboxylic acid groups (broad SMARTS) is 1. The van der Waals surface area contributed by atoms with Crippen molar-refractivity contribution in [2.45, 2.75) is 13.8 Å². The molecule has 0 aliphatic rings. The Balaban J connectivity index is 2.92. The third-order valence-corrected chi connectivity index (χ3v) is 3.40. The number of hydrogen-bond donors (Lipinski definition) is 3. The number of hydrogen-bond acceptors (Lipinski definition) is 3. The zero-order valence-corrected chi connectivity index (χ0v) is 11.5. The van der Waals surface area contributed by atoms with E-state index in [9.17, 15) is 13.2 Å². The van der Waals surface area contributed by atoms with E-state index < -0.39 is 16.2 Å². The Morgan fingerprint density at radius 2 is 2.11 bits per heavy atom. The van der Waals surface area contributed by atoms with Gasteiger partial charge in [-0.1, -0.05) is 13.0 Å². The lowest BCUT2D eigenvalue weighted by atomic mass is 10.1. The number of aliphatic carboxylic acids is 1. The first-order valence-electron chi connectivity index (χ1n) is 5.63. The molecular formula is C12H16N2O4S. The van der Waals surface area contributed by atoms with E-state index in [0.717, 1.165) is 6.08 Å². The first-order valence-corrected chi connectivity index (χ1v) is 7.11. The summed E-state index contributed by atoms with van der Waals surface area (Å²) in [6.07, 6.45) is 2.47. The molecule has 0 aromatic heterocycles. The summed E-state index contributed by atoms with van der Waals surface area (Å²) in [5.41, 5.74) is 1.84. The number of aryl methyl sites for hydroxylation is 1. The largest absolute Gasteiger partial charge is 0.478 e. The van der Waals surface area contributed by atoms with Crippen LogP contribution in [0.2, 0.25) is 0 Å². The molecule has 0 unspecified atom stereocenters. The van der Waals surface area contributed by atoms with Gasteiger partial charge in [0.2, 0.25) is 0 Å². The van der Waals surface area contributed by atoms with E-state index in [4.69, 9.17) is 5.11 Å². The van der Waals surface area contributed by atoms with Gasteiger partial charge in [0.15, 0.2) is 0 Å². The lowest BCUT2D eigenvalue weighted by Crippen LogP contribution is -2.30. The van der Waals surface area contributed by atoms with E-state index in [1.807, 2.05) is 0 Å². The monoisotopic (exact) mass is 284 g/mol. The molecule has 0 radical (unpaired) electrons. The molecule has 0 saturated heterocycles. The smallest absolute Gasteiger partial charge is 0.328 e. The molecule has 1 aromatic carbocycles. The third kappa shape index (κ3) is 5.11. The van der Waals surface area contributed by atoms with Gasteiger partial charge < -0.3 is 5.11 Å². The average Bonchev–Trinajstić information content (AvgIpc) is 2.29. The summed E-state index contributed by atoms with van der Waals surface area (Å²) in [7, 11) is -3.56. The van der Waals surface area contributed by atoms with Crippen LogP contribution >= 0.6 is 0 Å². The Kier molecular flexibility index (Phi) is 5.08. The Bertz CT molecular complexity index is 594. The number of rotatable bonds is 6. The number of carbonyl (C=O) groups is 1. The predicted molar refractivity (Wildman–Crippen MR) is 74.1 cm³/mol. The van der Waals surface area contributed by atoms with Crippen LogP contribution in [0.15, 0.2) is 24.3 Å². The van der Waals surface area contributed by atoms with Crippen LogP contribution in [-0.2, 0) is 15.0 Å². The molecule has 104 valence electrons. The minimum atomic E-state index is -3.56. The van der Waals surface area contributed by atoms with Crippen LogP contribution in [0.3, 0.4) is 0 Å². The van der Waals surface area contributed by atoms with E-state index in [0.29, 0.717) is 23.4 Å². The van der Waals surface area contributed by atoms with Crippen molar-refractivity contribution < 1.29 is 18.3 Å². The molecule has 6 nitrogen and oxygen atoms in total. The number of nitrogens with one attached hydrogen (secondary N) is 2. The molecule has 1 rings (SSSR count). The summed E-state index contributed by atoms with van der Waals surface area (Å²) in [4.78, 5) is 10.4. The number of anilines is 1. The second-order valence-electron chi connectivity index (χ2n) is 3.85. The molecule has 0 amide bonds. The standard InChI is InChI=1S/C12H16N2O4S/c1-3-13-19(17,18)14-11-6-4-10(8-9(11)2)5-7-12(15)16/h4-8,13-14H,3H2,1-2H3,(H,15,16)/b7-5+. The van der Waals surface area contributed by atoms with Gasteiger partial charge in [-0.3, -0.25) is 4.72 Å². The highest BCUT2D eigenvalue weighted by Crippen LogP contribution is 2.18. The molecule has 1 aromatic rings. The Morgan fingerprint density at radius 3 is 2.63 bits per heavy atom. The van der Waals surface area contributed by atoms with Crippen molar-refractivity contribution in [1.82, 2.24) is 4.72 Å². The molecule has 19 heavy (non-hydrogen) atoms. The SMILES string of the molecule is CCNS(=O)(=O)Nc1ccc(/C=C/C(=O)O)cc1C. The molecule has 0 aliphatic heterocycles. The van der Waals surface area contributed by atoms with Gasteiger partial charge in [0.1, 0.15) is 0 Å². The van der Waals surface area contributed by atoms with E-state index in [1.165, 1.54) is 6.08 Å². The minimum absolute atomic E-state index is 0.299. The summed E-state index contributed by atoms with van der Waals surface area (Å²) >= 11 is 0. The van der Waals surface area contributed by atoms with Gasteiger partial charge in [-0.25, -0.2) is 4.79 Å². The molecule has 0 saturated carbocycles. The summed E-state index contributed by atoms with van der Waals surface area (Å²) in [5.74, 6) is -1.03. The maximum atomic E-state index is 11.5. The molecule has 0 bridgehead atoms. The fourth-order valence-electron chi connectivity index (χ4n) is 1.44. The summed E-state index contributed by atoms with van der Waals surface area (Å²) in [6, 6.07) is 4.92. The Morgan fingerprint density at radius 1 is 1.42 bits per heavy atom. The summed E-state index contributed by atoms with van der Waals surface area (Å²) in [6.45, 7) is 3.72. The maximum Gasteiger partial charge on any atom is 0.328 e. The van der Waals surface area contributed by atoms with Gasteiger partial charge in [-0.15, -0.1) is 0 Å². The second kappa shape index (κ2) is 6.35. The first-order chi connectivity index (χ1) is 8.84. The number of carboxylic acids is 1. The zero-order chi connectivity index (χ0) is 14.5. The molecule has 0 aliphatic carbocycles. The van der Waals surface area contributed by atoms with Gasteiger partial charge in [0.05, 0.1) is 5.69 Å². The quantitative estimate of drug-likeness (QED) is 0.687. The van der Waals surface area contributed by atoms with E-state index in [1.54, 1.807) is 32.0 Å². The minimum Gasteiger partial charge on any atom is -0.478 e. The van der Waals surface area contributed by atoms with Crippen LogP contribution in [0.5, 0.6) is 0 Å². The molecule has 0 spiro atoms. The van der Waals surface area contributed by atoms with E-state index in [2.05, 4.69) is 9.44 Å². The molecule has 7 heteroatoms. The molecular weight excluding hydrogens is 268 g/mol. The molecule has 0 heterocycles. The van der Waals surface area contributed by atoms with E-state index in [-0.39, 0.29) is 0 Å². The third-order valence-electron chi connectivity index (χ3n) is 2.25. The Hall–Kier alpha value is -1.86. The van der Waals surface area contributed by atoms with Gasteiger partial charge in [0, 0.05) is 12.6 Å². The highest BCUT2D eigenvalue weighted by atomic mass is 32.2. The van der Waals surface area contributed by atoms with Crippen LogP contribution in [-0.4, -0.2) is 26.0 Å². The van der Waals surface area contributed by atoms with Crippen molar-refractivity contribution in [2.75, 3.05) is 11.3 Å². The van der Waals surface area contributed by atoms with Crippen LogP contribution in [0.25, 0.3) is 6.08 Å². The lowest BCUT2D eigenvalue weighted by molar-refractivity contribution is -0.131. The van der Waals surface area contributed by atoms with Gasteiger partial charge in [-0.2, -0.15) is 13.1 Å². The van der Waals surface area contributed by atoms with Gasteiger partial charge in [0.25, 0.3) is 10.2 Å². The fourth-order valence-corrected chi connectivity index (χ4v) is 2.41. The fraction of sp³-hybridized carbons (Fsp3) is 0.250. The van der Waals surface area contributed by atoms with Crippen LogP contribution < -0.4 is 9.44 Å². The zero-order valence-electron chi connectivity index (χ0n) is 10.7. The van der Waals surface area contributed by atoms with Crippen molar-refractivity contribution in [1.29, 1.82) is 0 Å².